The largest absolute Gasteiger partial charge is 0.493 e. The fourth-order valence-electron chi connectivity index (χ4n) is 2.81. The molecule has 2 heterocycles. The molecule has 0 unspecified atom stereocenters. The molecule has 134 valence electrons. The highest BCUT2D eigenvalue weighted by molar-refractivity contribution is 7.13. The monoisotopic (exact) mass is 361 g/mol. The third-order valence-corrected chi connectivity index (χ3v) is 4.86. The fraction of sp³-hybridized carbons (Fsp3) is 0.444. The average Bonchev–Trinajstić information content (AvgIpc) is 3.16. The number of hydrogen-bond donors (Lipinski definition) is 0. The Hall–Kier alpha value is -2.28. The van der Waals surface area contributed by atoms with E-state index in [-0.39, 0.29) is 12.0 Å². The Balaban J connectivity index is 1.67. The van der Waals surface area contributed by atoms with Gasteiger partial charge in [-0.3, -0.25) is 4.79 Å². The van der Waals surface area contributed by atoms with E-state index in [4.69, 9.17) is 9.47 Å². The smallest absolute Gasteiger partial charge is 0.254 e. The Morgan fingerprint density at radius 2 is 1.96 bits per heavy atom. The summed E-state index contributed by atoms with van der Waals surface area (Å²) in [7, 11) is 1.59. The SMILES string of the molecule is COc1cc(C(=O)N2CCN(c3nccs3)CC2)ccc1OC(C)C. The van der Waals surface area contributed by atoms with Crippen molar-refractivity contribution in [3.63, 3.8) is 0 Å². The Bertz CT molecular complexity index is 710. The zero-order valence-corrected chi connectivity index (χ0v) is 15.6. The number of carbonyl (C=O) groups is 1. The van der Waals surface area contributed by atoms with Crippen molar-refractivity contribution in [2.45, 2.75) is 20.0 Å². The Morgan fingerprint density at radius 1 is 1.20 bits per heavy atom. The third kappa shape index (κ3) is 4.04. The van der Waals surface area contributed by atoms with Gasteiger partial charge in [0.1, 0.15) is 0 Å². The molecule has 25 heavy (non-hydrogen) atoms. The van der Waals surface area contributed by atoms with Gasteiger partial charge in [-0.25, -0.2) is 4.98 Å². The van der Waals surface area contributed by atoms with Gasteiger partial charge in [0, 0.05) is 43.3 Å². The number of aromatic nitrogens is 1. The van der Waals surface area contributed by atoms with Crippen molar-refractivity contribution in [2.24, 2.45) is 0 Å². The maximum Gasteiger partial charge on any atom is 0.254 e. The van der Waals surface area contributed by atoms with Crippen LogP contribution in [-0.2, 0) is 0 Å². The second-order valence-electron chi connectivity index (χ2n) is 6.13. The van der Waals surface area contributed by atoms with E-state index < -0.39 is 0 Å². The van der Waals surface area contributed by atoms with E-state index in [2.05, 4.69) is 9.88 Å². The first kappa shape index (κ1) is 17.5. The lowest BCUT2D eigenvalue weighted by Gasteiger charge is -2.34. The number of benzene rings is 1. The predicted octanol–water partition coefficient (Wildman–Crippen LogP) is 2.90. The van der Waals surface area contributed by atoms with Crippen LogP contribution in [0, 0.1) is 0 Å². The van der Waals surface area contributed by atoms with Crippen LogP contribution < -0.4 is 14.4 Å². The van der Waals surface area contributed by atoms with Gasteiger partial charge in [0.2, 0.25) is 0 Å². The number of ether oxygens (including phenoxy) is 2. The van der Waals surface area contributed by atoms with Gasteiger partial charge in [-0.15, -0.1) is 11.3 Å². The first-order valence-corrected chi connectivity index (χ1v) is 9.25. The quantitative estimate of drug-likeness (QED) is 0.820. The van der Waals surface area contributed by atoms with E-state index in [1.165, 1.54) is 0 Å². The van der Waals surface area contributed by atoms with Crippen molar-refractivity contribution in [1.29, 1.82) is 0 Å². The lowest BCUT2D eigenvalue weighted by molar-refractivity contribution is 0.0746. The summed E-state index contributed by atoms with van der Waals surface area (Å²) >= 11 is 1.63. The van der Waals surface area contributed by atoms with Crippen molar-refractivity contribution in [3.05, 3.63) is 35.3 Å². The molecule has 0 atom stereocenters. The van der Waals surface area contributed by atoms with Crippen LogP contribution in [-0.4, -0.2) is 55.2 Å². The molecule has 1 fully saturated rings. The fourth-order valence-corrected chi connectivity index (χ4v) is 3.50. The van der Waals surface area contributed by atoms with Crippen LogP contribution in [0.5, 0.6) is 11.5 Å². The molecular weight excluding hydrogens is 338 g/mol. The van der Waals surface area contributed by atoms with E-state index >= 15 is 0 Å². The molecule has 0 saturated carbocycles. The van der Waals surface area contributed by atoms with Crippen LogP contribution in [0.25, 0.3) is 0 Å². The topological polar surface area (TPSA) is 54.9 Å². The van der Waals surface area contributed by atoms with Crippen LogP contribution in [0.15, 0.2) is 29.8 Å². The molecule has 1 amide bonds. The summed E-state index contributed by atoms with van der Waals surface area (Å²) in [5.41, 5.74) is 0.621. The molecular formula is C18H23N3O3S. The summed E-state index contributed by atoms with van der Waals surface area (Å²) < 4.78 is 11.1. The first-order valence-electron chi connectivity index (χ1n) is 8.37. The van der Waals surface area contributed by atoms with Gasteiger partial charge in [0.15, 0.2) is 16.6 Å². The standard InChI is InChI=1S/C18H23N3O3S/c1-13(2)24-15-5-4-14(12-16(15)23-3)17(22)20-7-9-21(10-8-20)18-19-6-11-25-18/h4-6,11-13H,7-10H2,1-3H3. The van der Waals surface area contributed by atoms with Crippen LogP contribution in [0.2, 0.25) is 0 Å². The van der Waals surface area contributed by atoms with Crippen molar-refractivity contribution >= 4 is 22.4 Å². The van der Waals surface area contributed by atoms with Gasteiger partial charge in [0.25, 0.3) is 5.91 Å². The molecule has 3 rings (SSSR count). The minimum Gasteiger partial charge on any atom is -0.493 e. The summed E-state index contributed by atoms with van der Waals surface area (Å²) in [5, 5.41) is 2.99. The van der Waals surface area contributed by atoms with E-state index in [1.807, 2.05) is 30.3 Å². The molecule has 0 radical (unpaired) electrons. The second-order valence-corrected chi connectivity index (χ2v) is 7.00. The zero-order chi connectivity index (χ0) is 17.8. The molecule has 0 aliphatic carbocycles. The first-order chi connectivity index (χ1) is 12.1. The predicted molar refractivity (Wildman–Crippen MR) is 99.0 cm³/mol. The number of amides is 1. The number of thiazole rings is 1. The van der Waals surface area contributed by atoms with Gasteiger partial charge in [-0.2, -0.15) is 0 Å². The maximum absolute atomic E-state index is 12.8. The minimum absolute atomic E-state index is 0.0215. The molecule has 7 heteroatoms. The van der Waals surface area contributed by atoms with Gasteiger partial charge >= 0.3 is 0 Å². The van der Waals surface area contributed by atoms with Crippen LogP contribution in [0.4, 0.5) is 5.13 Å². The summed E-state index contributed by atoms with van der Waals surface area (Å²) in [4.78, 5) is 21.2. The molecule has 2 aromatic rings. The number of hydrogen-bond acceptors (Lipinski definition) is 6. The average molecular weight is 361 g/mol. The van der Waals surface area contributed by atoms with E-state index in [9.17, 15) is 4.79 Å². The Kier molecular flexibility index (Phi) is 5.43. The van der Waals surface area contributed by atoms with Gasteiger partial charge < -0.3 is 19.3 Å². The highest BCUT2D eigenvalue weighted by Gasteiger charge is 2.24. The number of anilines is 1. The molecule has 6 nitrogen and oxygen atoms in total. The number of methoxy groups -OCH3 is 1. The van der Waals surface area contributed by atoms with E-state index in [1.54, 1.807) is 36.6 Å². The lowest BCUT2D eigenvalue weighted by Crippen LogP contribution is -2.48. The number of rotatable bonds is 5. The molecule has 1 aromatic carbocycles. The summed E-state index contributed by atoms with van der Waals surface area (Å²) in [6, 6.07) is 5.36. The van der Waals surface area contributed by atoms with Crippen LogP contribution in [0.1, 0.15) is 24.2 Å². The summed E-state index contributed by atoms with van der Waals surface area (Å²) in [5.74, 6) is 1.26. The molecule has 1 aliphatic rings. The summed E-state index contributed by atoms with van der Waals surface area (Å²) in [6.45, 7) is 6.88. The summed E-state index contributed by atoms with van der Waals surface area (Å²) in [6.07, 6.45) is 1.86. The third-order valence-electron chi connectivity index (χ3n) is 4.03. The highest BCUT2D eigenvalue weighted by Crippen LogP contribution is 2.29. The van der Waals surface area contributed by atoms with Crippen molar-refractivity contribution < 1.29 is 14.3 Å². The maximum atomic E-state index is 12.8. The van der Waals surface area contributed by atoms with Crippen LogP contribution in [0.3, 0.4) is 0 Å². The molecule has 1 aromatic heterocycles. The minimum atomic E-state index is 0.0215. The number of nitrogens with zero attached hydrogens (tertiary/aromatic N) is 3. The second kappa shape index (κ2) is 7.74. The molecule has 0 bridgehead atoms. The highest BCUT2D eigenvalue weighted by atomic mass is 32.1. The zero-order valence-electron chi connectivity index (χ0n) is 14.8. The van der Waals surface area contributed by atoms with Gasteiger partial charge in [-0.1, -0.05) is 0 Å². The van der Waals surface area contributed by atoms with E-state index in [0.717, 1.165) is 18.2 Å². The van der Waals surface area contributed by atoms with E-state index in [0.29, 0.717) is 30.2 Å². The number of carbonyl (C=O) groups excluding carboxylic acids is 1. The molecule has 1 aliphatic heterocycles. The van der Waals surface area contributed by atoms with Crippen LogP contribution >= 0.6 is 11.3 Å². The molecule has 1 saturated heterocycles. The van der Waals surface area contributed by atoms with Crippen molar-refractivity contribution in [1.82, 2.24) is 9.88 Å². The molecule has 0 spiro atoms. The van der Waals surface area contributed by atoms with Crippen molar-refractivity contribution in [2.75, 3.05) is 38.2 Å². The normalized spacial score (nSPS) is 14.7. The van der Waals surface area contributed by atoms with Gasteiger partial charge in [-0.05, 0) is 32.0 Å². The number of piperazine rings is 1. The lowest BCUT2D eigenvalue weighted by atomic mass is 10.1. The Morgan fingerprint density at radius 3 is 2.56 bits per heavy atom. The Labute approximate surface area is 152 Å². The van der Waals surface area contributed by atoms with Crippen molar-refractivity contribution in [3.8, 4) is 11.5 Å². The van der Waals surface area contributed by atoms with Gasteiger partial charge in [0.05, 0.1) is 13.2 Å². The molecule has 0 N–H and O–H groups in total.